The Morgan fingerprint density at radius 2 is 1.93 bits per heavy atom. The number of H-pyrrole nitrogens is 1. The van der Waals surface area contributed by atoms with Crippen molar-refractivity contribution in [3.8, 4) is 5.75 Å². The van der Waals surface area contributed by atoms with E-state index in [0.29, 0.717) is 22.6 Å². The van der Waals surface area contributed by atoms with Gasteiger partial charge in [-0.3, -0.25) is 4.98 Å². The van der Waals surface area contributed by atoms with Crippen molar-refractivity contribution in [2.45, 2.75) is 13.8 Å². The van der Waals surface area contributed by atoms with E-state index in [0.717, 1.165) is 17.2 Å². The van der Waals surface area contributed by atoms with Gasteiger partial charge in [-0.25, -0.2) is 18.6 Å². The minimum Gasteiger partial charge on any atom is -0.491 e. The number of hydrogen-bond donors (Lipinski definition) is 3. The molecule has 0 atom stereocenters. The zero-order valence-electron chi connectivity index (χ0n) is 16.3. The molecule has 0 amide bonds. The standard InChI is InChI=1S/C20H17F2N5O3/c1-9-6-11(7-14-16(9)30-20(28)26-14)24-18-10(2)8-23-19(27-18)25-13-5-4-12(21)17(29-3)15(13)22/h4-8H,1-3H3,(H,26,28)(H2,23,24,25,27). The average Bonchev–Trinajstić information content (AvgIpc) is 3.08. The van der Waals surface area contributed by atoms with Crippen LogP contribution in [0.15, 0.2) is 39.7 Å². The number of oxazole rings is 1. The van der Waals surface area contributed by atoms with E-state index in [1.54, 1.807) is 25.3 Å². The fourth-order valence-electron chi connectivity index (χ4n) is 3.00. The topological polar surface area (TPSA) is 105 Å². The van der Waals surface area contributed by atoms with Gasteiger partial charge in [-0.2, -0.15) is 4.98 Å². The Balaban J connectivity index is 1.65. The normalized spacial score (nSPS) is 11.0. The van der Waals surface area contributed by atoms with Crippen molar-refractivity contribution in [2.24, 2.45) is 0 Å². The van der Waals surface area contributed by atoms with Gasteiger partial charge in [0.25, 0.3) is 0 Å². The average molecular weight is 413 g/mol. The van der Waals surface area contributed by atoms with E-state index in [4.69, 9.17) is 9.15 Å². The van der Waals surface area contributed by atoms with E-state index in [2.05, 4.69) is 25.6 Å². The van der Waals surface area contributed by atoms with Gasteiger partial charge in [0.05, 0.1) is 18.3 Å². The highest BCUT2D eigenvalue weighted by atomic mass is 19.1. The fraction of sp³-hybridized carbons (Fsp3) is 0.150. The molecule has 0 spiro atoms. The van der Waals surface area contributed by atoms with Gasteiger partial charge in [0.1, 0.15) is 5.82 Å². The number of anilines is 4. The third kappa shape index (κ3) is 3.54. The summed E-state index contributed by atoms with van der Waals surface area (Å²) in [6, 6.07) is 5.84. The highest BCUT2D eigenvalue weighted by Gasteiger charge is 2.16. The Morgan fingerprint density at radius 3 is 2.70 bits per heavy atom. The third-order valence-corrected chi connectivity index (χ3v) is 4.44. The molecule has 4 aromatic rings. The summed E-state index contributed by atoms with van der Waals surface area (Å²) in [5.74, 6) is -2.16. The molecule has 0 saturated carbocycles. The first kappa shape index (κ1) is 19.4. The zero-order valence-corrected chi connectivity index (χ0v) is 16.3. The lowest BCUT2D eigenvalue weighted by Crippen LogP contribution is -2.05. The van der Waals surface area contributed by atoms with Crippen molar-refractivity contribution >= 4 is 34.2 Å². The van der Waals surface area contributed by atoms with Gasteiger partial charge in [-0.05, 0) is 43.7 Å². The summed E-state index contributed by atoms with van der Waals surface area (Å²) in [6.45, 7) is 3.62. The number of ether oxygens (including phenoxy) is 1. The minimum atomic E-state index is -0.888. The van der Waals surface area contributed by atoms with Crippen LogP contribution >= 0.6 is 0 Å². The highest BCUT2D eigenvalue weighted by molar-refractivity contribution is 5.81. The predicted molar refractivity (Wildman–Crippen MR) is 108 cm³/mol. The third-order valence-electron chi connectivity index (χ3n) is 4.44. The van der Waals surface area contributed by atoms with Crippen molar-refractivity contribution in [3.05, 3.63) is 63.8 Å². The maximum atomic E-state index is 14.4. The van der Waals surface area contributed by atoms with Crippen LogP contribution in [0, 0.1) is 25.5 Å². The molecule has 30 heavy (non-hydrogen) atoms. The second-order valence-corrected chi connectivity index (χ2v) is 6.60. The minimum absolute atomic E-state index is 0.0312. The van der Waals surface area contributed by atoms with Crippen LogP contribution in [0.1, 0.15) is 11.1 Å². The number of halogens is 2. The van der Waals surface area contributed by atoms with Crippen LogP contribution in [-0.4, -0.2) is 22.1 Å². The molecule has 0 unspecified atom stereocenters. The number of aryl methyl sites for hydroxylation is 2. The van der Waals surface area contributed by atoms with E-state index in [1.807, 2.05) is 6.92 Å². The largest absolute Gasteiger partial charge is 0.491 e. The molecule has 0 aliphatic carbocycles. The smallest absolute Gasteiger partial charge is 0.417 e. The molecule has 0 aliphatic heterocycles. The molecule has 10 heteroatoms. The van der Waals surface area contributed by atoms with Crippen LogP contribution in [0.3, 0.4) is 0 Å². The molecule has 3 N–H and O–H groups in total. The van der Waals surface area contributed by atoms with Gasteiger partial charge in [-0.1, -0.05) is 0 Å². The van der Waals surface area contributed by atoms with E-state index in [-0.39, 0.29) is 11.6 Å². The number of hydrogen-bond acceptors (Lipinski definition) is 7. The van der Waals surface area contributed by atoms with Crippen molar-refractivity contribution < 1.29 is 17.9 Å². The number of aromatic amines is 1. The van der Waals surface area contributed by atoms with Crippen molar-refractivity contribution in [3.63, 3.8) is 0 Å². The van der Waals surface area contributed by atoms with E-state index in [1.165, 1.54) is 13.2 Å². The van der Waals surface area contributed by atoms with Crippen LogP contribution in [0.5, 0.6) is 5.75 Å². The first-order valence-corrected chi connectivity index (χ1v) is 8.89. The number of benzene rings is 2. The van der Waals surface area contributed by atoms with Gasteiger partial charge in [0.2, 0.25) is 5.95 Å². The van der Waals surface area contributed by atoms with Gasteiger partial charge in [0, 0.05) is 17.4 Å². The van der Waals surface area contributed by atoms with Crippen LogP contribution < -0.4 is 21.1 Å². The molecular formula is C20H17F2N5O3. The quantitative estimate of drug-likeness (QED) is 0.448. The van der Waals surface area contributed by atoms with E-state index in [9.17, 15) is 13.6 Å². The Labute approximate surface area is 168 Å². The lowest BCUT2D eigenvalue weighted by atomic mass is 10.2. The van der Waals surface area contributed by atoms with Crippen molar-refractivity contribution in [1.82, 2.24) is 15.0 Å². The van der Waals surface area contributed by atoms with E-state index < -0.39 is 23.1 Å². The Kier molecular flexibility index (Phi) is 4.82. The lowest BCUT2D eigenvalue weighted by Gasteiger charge is -2.13. The van der Waals surface area contributed by atoms with Crippen LogP contribution in [0.2, 0.25) is 0 Å². The first-order chi connectivity index (χ1) is 14.4. The summed E-state index contributed by atoms with van der Waals surface area (Å²) in [7, 11) is 1.18. The van der Waals surface area contributed by atoms with Crippen LogP contribution in [0.4, 0.5) is 31.9 Å². The molecule has 0 fully saturated rings. The summed E-state index contributed by atoms with van der Waals surface area (Å²) < 4.78 is 37.9. The molecule has 4 rings (SSSR count). The molecule has 0 saturated heterocycles. The number of aromatic nitrogens is 3. The van der Waals surface area contributed by atoms with Crippen molar-refractivity contribution in [1.29, 1.82) is 0 Å². The Hall–Kier alpha value is -3.95. The molecule has 2 aromatic carbocycles. The SMILES string of the molecule is COc1c(F)ccc(Nc2ncc(C)c(Nc3cc(C)c4oc(=O)[nH]c4c3)n2)c1F. The molecule has 0 aliphatic rings. The number of nitrogens with zero attached hydrogens (tertiary/aromatic N) is 2. The molecule has 0 radical (unpaired) electrons. The molecule has 8 nitrogen and oxygen atoms in total. The molecule has 2 aromatic heterocycles. The maximum Gasteiger partial charge on any atom is 0.417 e. The van der Waals surface area contributed by atoms with Gasteiger partial charge in [0.15, 0.2) is 23.0 Å². The Morgan fingerprint density at radius 1 is 1.13 bits per heavy atom. The number of nitrogens with one attached hydrogen (secondary N) is 3. The lowest BCUT2D eigenvalue weighted by molar-refractivity contribution is 0.361. The monoisotopic (exact) mass is 413 g/mol. The zero-order chi connectivity index (χ0) is 21.4. The maximum absolute atomic E-state index is 14.4. The van der Waals surface area contributed by atoms with E-state index >= 15 is 0 Å². The molecule has 0 bridgehead atoms. The second-order valence-electron chi connectivity index (χ2n) is 6.60. The van der Waals surface area contributed by atoms with Gasteiger partial charge >= 0.3 is 5.76 Å². The fourth-order valence-corrected chi connectivity index (χ4v) is 3.00. The summed E-state index contributed by atoms with van der Waals surface area (Å²) in [4.78, 5) is 22.6. The number of fused-ring (bicyclic) bond motifs is 1. The van der Waals surface area contributed by atoms with Crippen LogP contribution in [-0.2, 0) is 0 Å². The number of rotatable bonds is 5. The highest BCUT2D eigenvalue weighted by Crippen LogP contribution is 2.30. The van der Waals surface area contributed by atoms with Crippen LogP contribution in [0.25, 0.3) is 11.1 Å². The molecular weight excluding hydrogens is 396 g/mol. The summed E-state index contributed by atoms with van der Waals surface area (Å²) in [5.41, 5.74) is 3.16. The van der Waals surface area contributed by atoms with Gasteiger partial charge < -0.3 is 19.8 Å². The van der Waals surface area contributed by atoms with Gasteiger partial charge in [-0.15, -0.1) is 0 Å². The Bertz CT molecular complexity index is 1320. The second kappa shape index (κ2) is 7.47. The summed E-state index contributed by atoms with van der Waals surface area (Å²) >= 11 is 0. The first-order valence-electron chi connectivity index (χ1n) is 8.89. The number of methoxy groups -OCH3 is 1. The summed E-state index contributed by atoms with van der Waals surface area (Å²) in [5, 5.41) is 5.88. The predicted octanol–water partition coefficient (Wildman–Crippen LogP) is 4.30. The molecule has 2 heterocycles. The summed E-state index contributed by atoms with van der Waals surface area (Å²) in [6.07, 6.45) is 1.56. The molecule has 154 valence electrons. The van der Waals surface area contributed by atoms with Crippen molar-refractivity contribution in [2.75, 3.05) is 17.7 Å².